The van der Waals surface area contributed by atoms with Crippen LogP contribution in [0.3, 0.4) is 0 Å². The fourth-order valence-electron chi connectivity index (χ4n) is 0.214. The van der Waals surface area contributed by atoms with Gasteiger partial charge < -0.3 is 14.9 Å². The highest BCUT2D eigenvalue weighted by molar-refractivity contribution is 7.42. The van der Waals surface area contributed by atoms with Crippen molar-refractivity contribution in [2.45, 2.75) is 19.8 Å². The molecule has 0 heterocycles. The van der Waals surface area contributed by atoms with Gasteiger partial charge in [-0.05, 0) is 6.42 Å². The lowest BCUT2D eigenvalue weighted by Gasteiger charge is -1.79. The molecule has 5 nitrogen and oxygen atoms in total. The Balaban J connectivity index is 0. The molecule has 0 aromatic heterocycles. The number of rotatable bonds is 2. The predicted octanol–water partition coefficient (Wildman–Crippen LogP) is 0.0277. The zero-order valence-electron chi connectivity index (χ0n) is 5.69. The summed E-state index contributed by atoms with van der Waals surface area (Å²) in [5.74, 6) is -0.711. The number of nitrogens with two attached hydrogens (primary N) is 1. The van der Waals surface area contributed by atoms with E-state index in [1.807, 2.05) is 6.92 Å². The Bertz CT molecular complexity index is 84.6. The summed E-state index contributed by atoms with van der Waals surface area (Å²) in [4.78, 5) is 24.5. The number of carbonyl (C=O) groups is 1. The average molecular weight is 169 g/mol. The van der Waals surface area contributed by atoms with Crippen molar-refractivity contribution in [1.29, 1.82) is 0 Å². The minimum Gasteiger partial charge on any atom is -0.481 e. The van der Waals surface area contributed by atoms with Crippen molar-refractivity contribution in [3.05, 3.63) is 0 Å². The molecule has 0 amide bonds. The van der Waals surface area contributed by atoms with E-state index in [0.717, 1.165) is 6.42 Å². The molecule has 0 aliphatic carbocycles. The highest BCUT2D eigenvalue weighted by atomic mass is 31.2. The first-order valence-corrected chi connectivity index (χ1v) is 3.96. The van der Waals surface area contributed by atoms with Crippen LogP contribution in [0, 0.1) is 0 Å². The molecule has 0 aliphatic rings. The smallest absolute Gasteiger partial charge is 0.303 e. The van der Waals surface area contributed by atoms with Gasteiger partial charge in [-0.2, -0.15) is 0 Å². The van der Waals surface area contributed by atoms with E-state index in [1.54, 1.807) is 0 Å². The lowest BCUT2D eigenvalue weighted by molar-refractivity contribution is -0.137. The van der Waals surface area contributed by atoms with Gasteiger partial charge in [0.25, 0.3) is 0 Å². The zero-order chi connectivity index (χ0) is 8.57. The van der Waals surface area contributed by atoms with Crippen LogP contribution in [0.4, 0.5) is 0 Å². The third kappa shape index (κ3) is 46.3. The summed E-state index contributed by atoms with van der Waals surface area (Å²) in [6.45, 7) is 1.84. The summed E-state index contributed by atoms with van der Waals surface area (Å²) in [5, 5.41) is 7.91. The number of aliphatic carboxylic acids is 1. The molecule has 0 atom stereocenters. The van der Waals surface area contributed by atoms with Crippen LogP contribution in [0.2, 0.25) is 0 Å². The van der Waals surface area contributed by atoms with Crippen LogP contribution in [-0.4, -0.2) is 20.9 Å². The minimum absolute atomic E-state index is 0.292. The van der Waals surface area contributed by atoms with Crippen molar-refractivity contribution in [2.75, 3.05) is 0 Å². The molecule has 0 radical (unpaired) electrons. The van der Waals surface area contributed by atoms with E-state index in [-0.39, 0.29) is 0 Å². The van der Waals surface area contributed by atoms with Crippen molar-refractivity contribution >= 4 is 14.5 Å². The Labute approximate surface area is 60.5 Å². The Morgan fingerprint density at radius 3 is 1.90 bits per heavy atom. The van der Waals surface area contributed by atoms with E-state index >= 15 is 0 Å². The second kappa shape index (κ2) is 8.78. The molecule has 62 valence electrons. The maximum absolute atomic E-state index is 9.60. The van der Waals surface area contributed by atoms with Crippen LogP contribution in [0.15, 0.2) is 0 Å². The van der Waals surface area contributed by atoms with E-state index in [4.69, 9.17) is 14.9 Å². The maximum atomic E-state index is 9.60. The lowest BCUT2D eigenvalue weighted by atomic mass is 10.4. The first kappa shape index (κ1) is 12.5. The van der Waals surface area contributed by atoms with Gasteiger partial charge in [-0.1, -0.05) is 6.92 Å². The largest absolute Gasteiger partial charge is 0.481 e. The van der Waals surface area contributed by atoms with E-state index in [2.05, 4.69) is 5.50 Å². The van der Waals surface area contributed by atoms with Crippen LogP contribution in [-0.2, 0) is 4.79 Å². The summed E-state index contributed by atoms with van der Waals surface area (Å²) in [5.41, 5.74) is 4.29. The molecule has 5 N–H and O–H groups in total. The van der Waals surface area contributed by atoms with Crippen molar-refractivity contribution < 1.29 is 19.7 Å². The number of hydrogen-bond acceptors (Lipinski definition) is 4. The van der Waals surface area contributed by atoms with Crippen LogP contribution in [0.1, 0.15) is 19.8 Å². The molecule has 0 unspecified atom stereocenters. The van der Waals surface area contributed by atoms with Crippen LogP contribution < -0.4 is 5.50 Å². The fraction of sp³-hybridized carbons (Fsp3) is 0.750. The standard InChI is InChI=1S/C4H8O2.H4NO2P/c1-2-3-4(5)6;1-4(2)3/h2-3H2,1H3,(H,5,6);2-3H,1H2. The van der Waals surface area contributed by atoms with E-state index in [9.17, 15) is 4.79 Å². The van der Waals surface area contributed by atoms with Crippen LogP contribution >= 0.6 is 8.53 Å². The van der Waals surface area contributed by atoms with Gasteiger partial charge in [-0.25, -0.2) is 0 Å². The number of carboxylic acid groups (broad SMARTS) is 1. The highest BCUT2D eigenvalue weighted by Gasteiger charge is 1.87. The van der Waals surface area contributed by atoms with Gasteiger partial charge in [0, 0.05) is 6.42 Å². The van der Waals surface area contributed by atoms with Gasteiger partial charge in [0.05, 0.1) is 0 Å². The molecule has 0 aromatic carbocycles. The van der Waals surface area contributed by atoms with Gasteiger partial charge in [-0.3, -0.25) is 10.3 Å². The van der Waals surface area contributed by atoms with E-state index in [0.29, 0.717) is 6.42 Å². The molecule has 0 bridgehead atoms. The third-order valence-corrected chi connectivity index (χ3v) is 0.464. The molecule has 0 fully saturated rings. The lowest BCUT2D eigenvalue weighted by Crippen LogP contribution is -1.90. The van der Waals surface area contributed by atoms with Crippen LogP contribution in [0.25, 0.3) is 0 Å². The third-order valence-electron chi connectivity index (χ3n) is 0.464. The van der Waals surface area contributed by atoms with Gasteiger partial charge >= 0.3 is 5.97 Å². The molecule has 0 saturated heterocycles. The monoisotopic (exact) mass is 169 g/mol. The van der Waals surface area contributed by atoms with Crippen molar-refractivity contribution in [3.63, 3.8) is 0 Å². The second-order valence-corrected chi connectivity index (χ2v) is 2.10. The Morgan fingerprint density at radius 2 is 1.90 bits per heavy atom. The molecule has 6 heteroatoms. The average Bonchev–Trinajstić information content (AvgIpc) is 1.62. The normalized spacial score (nSPS) is 8.50. The SMILES string of the molecule is CCCC(=O)O.NP(O)O. The zero-order valence-corrected chi connectivity index (χ0v) is 6.58. The van der Waals surface area contributed by atoms with E-state index in [1.165, 1.54) is 0 Å². The summed E-state index contributed by atoms with van der Waals surface area (Å²) in [7, 11) is -2.12. The molecule has 0 rings (SSSR count). The van der Waals surface area contributed by atoms with Crippen LogP contribution in [0.5, 0.6) is 0 Å². The summed E-state index contributed by atoms with van der Waals surface area (Å²) in [6, 6.07) is 0. The molecule has 10 heavy (non-hydrogen) atoms. The highest BCUT2D eigenvalue weighted by Crippen LogP contribution is 2.05. The minimum atomic E-state index is -2.12. The van der Waals surface area contributed by atoms with Gasteiger partial charge in [-0.15, -0.1) is 0 Å². The molecule has 0 aliphatic heterocycles. The maximum Gasteiger partial charge on any atom is 0.303 e. The molecular formula is C4H12NO4P. The van der Waals surface area contributed by atoms with Gasteiger partial charge in [0.15, 0.2) is 0 Å². The molecule has 0 spiro atoms. The molecule has 0 saturated carbocycles. The van der Waals surface area contributed by atoms with E-state index < -0.39 is 14.5 Å². The predicted molar refractivity (Wildman–Crippen MR) is 38.1 cm³/mol. The first-order valence-electron chi connectivity index (χ1n) is 2.65. The second-order valence-electron chi connectivity index (χ2n) is 1.46. The Morgan fingerprint density at radius 1 is 1.60 bits per heavy atom. The molecule has 0 aromatic rings. The quantitative estimate of drug-likeness (QED) is 0.436. The van der Waals surface area contributed by atoms with Crippen molar-refractivity contribution in [1.82, 2.24) is 0 Å². The fourth-order valence-corrected chi connectivity index (χ4v) is 0.214. The molecular weight excluding hydrogens is 157 g/mol. The van der Waals surface area contributed by atoms with Gasteiger partial charge in [0.2, 0.25) is 8.53 Å². The number of hydrogen-bond donors (Lipinski definition) is 4. The summed E-state index contributed by atoms with van der Waals surface area (Å²) >= 11 is 0. The number of carboxylic acids is 1. The van der Waals surface area contributed by atoms with Gasteiger partial charge in [0.1, 0.15) is 0 Å². The first-order chi connectivity index (χ1) is 4.50. The van der Waals surface area contributed by atoms with Crippen molar-refractivity contribution in [3.8, 4) is 0 Å². The topological polar surface area (TPSA) is 104 Å². The Kier molecular flexibility index (Phi) is 10.9. The summed E-state index contributed by atoms with van der Waals surface area (Å²) in [6.07, 6.45) is 1.02. The summed E-state index contributed by atoms with van der Waals surface area (Å²) < 4.78 is 0. The van der Waals surface area contributed by atoms with Crippen molar-refractivity contribution in [2.24, 2.45) is 5.50 Å². The Hall–Kier alpha value is -0.220.